The molecule has 9 heteroatoms. The quantitative estimate of drug-likeness (QED) is 0.403. The van der Waals surface area contributed by atoms with E-state index < -0.39 is 17.6 Å². The van der Waals surface area contributed by atoms with Crippen molar-refractivity contribution in [2.24, 2.45) is 0 Å². The van der Waals surface area contributed by atoms with Crippen LogP contribution in [0.5, 0.6) is 5.75 Å². The molecule has 0 spiro atoms. The minimum Gasteiger partial charge on any atom is -0.497 e. The Morgan fingerprint density at radius 2 is 1.79 bits per heavy atom. The maximum absolute atomic E-state index is 13.2. The van der Waals surface area contributed by atoms with E-state index in [0.29, 0.717) is 12.4 Å². The van der Waals surface area contributed by atoms with Gasteiger partial charge >= 0.3 is 6.18 Å². The van der Waals surface area contributed by atoms with E-state index in [9.17, 15) is 18.0 Å². The number of hydrogen-bond acceptors (Lipinski definition) is 5. The maximum atomic E-state index is 13.2. The van der Waals surface area contributed by atoms with Gasteiger partial charge in [0.15, 0.2) is 0 Å². The highest BCUT2D eigenvalue weighted by Gasteiger charge is 2.31. The zero-order valence-electron chi connectivity index (χ0n) is 17.5. The molecule has 0 aliphatic heterocycles. The lowest BCUT2D eigenvalue weighted by Crippen LogP contribution is -2.16. The molecule has 0 radical (unpaired) electrons. The smallest absolute Gasteiger partial charge is 0.416 e. The van der Waals surface area contributed by atoms with E-state index in [1.165, 1.54) is 19.4 Å². The molecule has 2 aromatic heterocycles. The van der Waals surface area contributed by atoms with Crippen molar-refractivity contribution in [2.75, 3.05) is 17.7 Å². The molecule has 0 aliphatic rings. The second kappa shape index (κ2) is 9.15. The van der Waals surface area contributed by atoms with Gasteiger partial charge in [0, 0.05) is 36.1 Å². The fraction of sp³-hybridized carbons (Fsp3) is 0.125. The standard InChI is InChI=1S/C24H19F3N4O2/c1-33-19-12-17(24(25,26)27)11-18(13-19)31-23(32)20-5-3-9-29-22(20)30-14-15-6-7-21-16(10-15)4-2-8-28-21/h2-13H,14H2,1H3,(H,29,30)(H,31,32). The average Bonchev–Trinajstić information content (AvgIpc) is 2.82. The highest BCUT2D eigenvalue weighted by molar-refractivity contribution is 6.07. The number of fused-ring (bicyclic) bond motifs is 1. The molecule has 1 amide bonds. The van der Waals surface area contributed by atoms with Gasteiger partial charge in [0.2, 0.25) is 0 Å². The Balaban J connectivity index is 1.53. The fourth-order valence-corrected chi connectivity index (χ4v) is 3.30. The largest absolute Gasteiger partial charge is 0.497 e. The summed E-state index contributed by atoms with van der Waals surface area (Å²) in [5, 5.41) is 6.60. The third-order valence-corrected chi connectivity index (χ3v) is 4.91. The van der Waals surface area contributed by atoms with Crippen LogP contribution in [-0.2, 0) is 12.7 Å². The summed E-state index contributed by atoms with van der Waals surface area (Å²) in [6, 6.07) is 15.8. The van der Waals surface area contributed by atoms with Crippen LogP contribution < -0.4 is 15.4 Å². The van der Waals surface area contributed by atoms with Crippen LogP contribution in [0.15, 0.2) is 73.1 Å². The van der Waals surface area contributed by atoms with Gasteiger partial charge in [0.05, 0.1) is 23.8 Å². The molecule has 0 atom stereocenters. The number of alkyl halides is 3. The van der Waals surface area contributed by atoms with Gasteiger partial charge in [0.1, 0.15) is 11.6 Å². The van der Waals surface area contributed by atoms with Crippen molar-refractivity contribution in [1.82, 2.24) is 9.97 Å². The highest BCUT2D eigenvalue weighted by Crippen LogP contribution is 2.34. The van der Waals surface area contributed by atoms with Gasteiger partial charge in [-0.05, 0) is 48.0 Å². The predicted octanol–water partition coefficient (Wildman–Crippen LogP) is 5.52. The summed E-state index contributed by atoms with van der Waals surface area (Å²) in [5.74, 6) is -0.314. The Labute approximate surface area is 187 Å². The Morgan fingerprint density at radius 3 is 2.58 bits per heavy atom. The minimum absolute atomic E-state index is 0.0181. The molecule has 0 saturated heterocycles. The van der Waals surface area contributed by atoms with Crippen molar-refractivity contribution in [3.05, 3.63) is 89.7 Å². The Bertz CT molecular complexity index is 1310. The Morgan fingerprint density at radius 1 is 1.00 bits per heavy atom. The number of ether oxygens (including phenoxy) is 1. The molecule has 0 saturated carbocycles. The predicted molar refractivity (Wildman–Crippen MR) is 119 cm³/mol. The van der Waals surface area contributed by atoms with Gasteiger partial charge in [-0.25, -0.2) is 4.98 Å². The first kappa shape index (κ1) is 22.1. The van der Waals surface area contributed by atoms with Crippen LogP contribution in [0.3, 0.4) is 0 Å². The molecule has 4 aromatic rings. The lowest BCUT2D eigenvalue weighted by molar-refractivity contribution is -0.137. The number of aromatic nitrogens is 2. The molecule has 0 unspecified atom stereocenters. The van der Waals surface area contributed by atoms with E-state index in [-0.39, 0.29) is 17.0 Å². The average molecular weight is 452 g/mol. The lowest BCUT2D eigenvalue weighted by Gasteiger charge is -2.14. The number of carbonyl (C=O) groups excluding carboxylic acids is 1. The Kier molecular flexibility index (Phi) is 6.12. The molecule has 6 nitrogen and oxygen atoms in total. The summed E-state index contributed by atoms with van der Waals surface area (Å²) in [6.45, 7) is 0.388. The molecule has 33 heavy (non-hydrogen) atoms. The van der Waals surface area contributed by atoms with Crippen LogP contribution in [0.1, 0.15) is 21.5 Å². The SMILES string of the molecule is COc1cc(NC(=O)c2cccnc2NCc2ccc3ncccc3c2)cc(C(F)(F)F)c1. The molecule has 0 bridgehead atoms. The minimum atomic E-state index is -4.58. The van der Waals surface area contributed by atoms with Crippen LogP contribution in [0.25, 0.3) is 10.9 Å². The topological polar surface area (TPSA) is 76.1 Å². The number of nitrogens with zero attached hydrogens (tertiary/aromatic N) is 2. The van der Waals surface area contributed by atoms with Gasteiger partial charge in [-0.3, -0.25) is 9.78 Å². The number of halogens is 3. The molecule has 2 aromatic carbocycles. The third-order valence-electron chi connectivity index (χ3n) is 4.91. The van der Waals surface area contributed by atoms with Gasteiger partial charge in [-0.2, -0.15) is 13.2 Å². The monoisotopic (exact) mass is 452 g/mol. The second-order valence-corrected chi connectivity index (χ2v) is 7.19. The number of amides is 1. The van der Waals surface area contributed by atoms with Crippen LogP contribution >= 0.6 is 0 Å². The van der Waals surface area contributed by atoms with Gasteiger partial charge in [0.25, 0.3) is 5.91 Å². The molecule has 2 N–H and O–H groups in total. The third kappa shape index (κ3) is 5.20. The van der Waals surface area contributed by atoms with E-state index in [0.717, 1.165) is 28.6 Å². The molecule has 4 rings (SSSR count). The lowest BCUT2D eigenvalue weighted by atomic mass is 10.1. The van der Waals surface area contributed by atoms with Crippen molar-refractivity contribution in [3.63, 3.8) is 0 Å². The van der Waals surface area contributed by atoms with Crippen molar-refractivity contribution < 1.29 is 22.7 Å². The number of anilines is 2. The number of nitrogens with one attached hydrogen (secondary N) is 2. The molecule has 0 fully saturated rings. The van der Waals surface area contributed by atoms with Gasteiger partial charge < -0.3 is 15.4 Å². The van der Waals surface area contributed by atoms with Crippen LogP contribution in [0, 0.1) is 0 Å². The first-order chi connectivity index (χ1) is 15.8. The summed E-state index contributed by atoms with van der Waals surface area (Å²) >= 11 is 0. The number of carbonyl (C=O) groups is 1. The van der Waals surface area contributed by atoms with Crippen molar-refractivity contribution in [1.29, 1.82) is 0 Å². The van der Waals surface area contributed by atoms with E-state index in [1.807, 2.05) is 30.3 Å². The van der Waals surface area contributed by atoms with Crippen molar-refractivity contribution in [2.45, 2.75) is 12.7 Å². The van der Waals surface area contributed by atoms with E-state index in [4.69, 9.17) is 4.74 Å². The zero-order valence-corrected chi connectivity index (χ0v) is 17.5. The van der Waals surface area contributed by atoms with E-state index in [2.05, 4.69) is 20.6 Å². The van der Waals surface area contributed by atoms with Gasteiger partial charge in [-0.1, -0.05) is 12.1 Å². The van der Waals surface area contributed by atoms with E-state index in [1.54, 1.807) is 18.3 Å². The molecule has 168 valence electrons. The van der Waals surface area contributed by atoms with Crippen LogP contribution in [0.4, 0.5) is 24.7 Å². The summed E-state index contributed by atoms with van der Waals surface area (Å²) < 4.78 is 44.5. The summed E-state index contributed by atoms with van der Waals surface area (Å²) in [4.78, 5) is 21.4. The number of hydrogen-bond donors (Lipinski definition) is 2. The summed E-state index contributed by atoms with van der Waals surface area (Å²) in [6.07, 6.45) is -1.33. The van der Waals surface area contributed by atoms with Gasteiger partial charge in [-0.15, -0.1) is 0 Å². The fourth-order valence-electron chi connectivity index (χ4n) is 3.30. The summed E-state index contributed by atoms with van der Waals surface area (Å²) in [5.41, 5.74) is 1.05. The summed E-state index contributed by atoms with van der Waals surface area (Å²) in [7, 11) is 1.26. The highest BCUT2D eigenvalue weighted by atomic mass is 19.4. The first-order valence-corrected chi connectivity index (χ1v) is 9.93. The number of benzene rings is 2. The number of rotatable bonds is 6. The van der Waals surface area contributed by atoms with Crippen LogP contribution in [-0.4, -0.2) is 23.0 Å². The first-order valence-electron chi connectivity index (χ1n) is 9.93. The molecular formula is C24H19F3N4O2. The molecular weight excluding hydrogens is 433 g/mol. The Hall–Kier alpha value is -4.14. The normalized spacial score (nSPS) is 11.3. The van der Waals surface area contributed by atoms with Crippen molar-refractivity contribution in [3.8, 4) is 5.75 Å². The van der Waals surface area contributed by atoms with Crippen LogP contribution in [0.2, 0.25) is 0 Å². The zero-order chi connectivity index (χ0) is 23.4. The maximum Gasteiger partial charge on any atom is 0.416 e. The van der Waals surface area contributed by atoms with E-state index >= 15 is 0 Å². The molecule has 2 heterocycles. The van der Waals surface area contributed by atoms with Crippen molar-refractivity contribution >= 4 is 28.3 Å². The number of pyridine rings is 2. The molecule has 0 aliphatic carbocycles. The second-order valence-electron chi connectivity index (χ2n) is 7.19. The number of methoxy groups -OCH3 is 1.